The van der Waals surface area contributed by atoms with Gasteiger partial charge in [-0.1, -0.05) is 19.1 Å². The molecule has 0 radical (unpaired) electrons. The molecule has 0 aromatic heterocycles. The first-order valence-electron chi connectivity index (χ1n) is 6.90. The van der Waals surface area contributed by atoms with Gasteiger partial charge in [0.25, 0.3) is 0 Å². The van der Waals surface area contributed by atoms with Crippen molar-refractivity contribution >= 4 is 11.9 Å². The molecule has 23 heavy (non-hydrogen) atoms. The van der Waals surface area contributed by atoms with Gasteiger partial charge in [0.2, 0.25) is 0 Å². The van der Waals surface area contributed by atoms with Crippen LogP contribution in [0.25, 0.3) is 0 Å². The van der Waals surface area contributed by atoms with Gasteiger partial charge in [-0.25, -0.2) is 23.3 Å². The Hall–Kier alpha value is -2.32. The normalized spacial score (nSPS) is 26.4. The molecule has 1 aromatic rings. The molecule has 0 aliphatic carbocycles. The molecule has 8 heteroatoms. The molecule has 0 amide bonds. The maximum atomic E-state index is 14.1. The lowest BCUT2D eigenvalue weighted by atomic mass is 9.80. The van der Waals surface area contributed by atoms with Crippen LogP contribution < -0.4 is 0 Å². The Morgan fingerprint density at radius 1 is 1.22 bits per heavy atom. The molecule has 1 aromatic carbocycles. The Balaban J connectivity index is 2.13. The van der Waals surface area contributed by atoms with Gasteiger partial charge in [-0.15, -0.1) is 0 Å². The number of hydrogen-bond donors (Lipinski definition) is 1. The van der Waals surface area contributed by atoms with E-state index in [4.69, 9.17) is 9.47 Å². The average molecular weight is 325 g/mol. The summed E-state index contributed by atoms with van der Waals surface area (Å²) in [6, 6.07) is 3.23. The van der Waals surface area contributed by atoms with E-state index in [9.17, 15) is 23.5 Å². The van der Waals surface area contributed by atoms with Crippen LogP contribution in [0.1, 0.15) is 12.5 Å². The molecule has 1 fully saturated rings. The van der Waals surface area contributed by atoms with Crippen molar-refractivity contribution in [1.82, 2.24) is 4.90 Å². The summed E-state index contributed by atoms with van der Waals surface area (Å²) < 4.78 is 37.8. The van der Waals surface area contributed by atoms with Gasteiger partial charge in [0.1, 0.15) is 0 Å². The van der Waals surface area contributed by atoms with Crippen LogP contribution in [0.4, 0.5) is 8.78 Å². The molecule has 1 unspecified atom stereocenters. The zero-order chi connectivity index (χ0) is 16.8. The van der Waals surface area contributed by atoms with Crippen molar-refractivity contribution in [3.63, 3.8) is 0 Å². The minimum Gasteiger partial charge on any atom is -0.402 e. The number of hydrogen-bond acceptors (Lipinski definition) is 6. The zero-order valence-corrected chi connectivity index (χ0v) is 12.1. The fourth-order valence-corrected chi connectivity index (χ4v) is 2.84. The third-order valence-corrected chi connectivity index (χ3v) is 3.97. The Labute approximate surface area is 129 Å². The van der Waals surface area contributed by atoms with Crippen LogP contribution in [0.3, 0.4) is 0 Å². The van der Waals surface area contributed by atoms with E-state index in [0.29, 0.717) is 0 Å². The molecule has 1 N–H and O–H groups in total. The molecule has 2 aliphatic heterocycles. The van der Waals surface area contributed by atoms with E-state index < -0.39 is 40.6 Å². The topological polar surface area (TPSA) is 76.1 Å². The number of rotatable bonds is 2. The van der Waals surface area contributed by atoms with E-state index in [2.05, 4.69) is 0 Å². The van der Waals surface area contributed by atoms with Crippen LogP contribution in [0.15, 0.2) is 30.4 Å². The van der Waals surface area contributed by atoms with Crippen molar-refractivity contribution in [2.24, 2.45) is 0 Å². The maximum absolute atomic E-state index is 14.1. The number of halogens is 2. The van der Waals surface area contributed by atoms with Crippen LogP contribution in [0.2, 0.25) is 0 Å². The van der Waals surface area contributed by atoms with Gasteiger partial charge in [-0.2, -0.15) is 0 Å². The SMILES string of the molecule is CCN1CC(O)(c2cccc(F)c2F)C12OC(=O)C=CC(=O)O2. The summed E-state index contributed by atoms with van der Waals surface area (Å²) in [7, 11) is 0. The predicted molar refractivity (Wildman–Crippen MR) is 71.6 cm³/mol. The first kappa shape index (κ1) is 15.6. The number of carbonyl (C=O) groups is 2. The van der Waals surface area contributed by atoms with Crippen LogP contribution in [-0.4, -0.2) is 40.9 Å². The lowest BCUT2D eigenvalue weighted by molar-refractivity contribution is -0.420. The molecule has 6 nitrogen and oxygen atoms in total. The molecule has 2 aliphatic rings. The maximum Gasteiger partial charge on any atom is 0.356 e. The smallest absolute Gasteiger partial charge is 0.356 e. The lowest BCUT2D eigenvalue weighted by Crippen LogP contribution is -2.79. The number of benzene rings is 1. The van der Waals surface area contributed by atoms with Gasteiger partial charge < -0.3 is 14.6 Å². The number of aliphatic hydroxyl groups is 1. The number of esters is 2. The highest BCUT2D eigenvalue weighted by molar-refractivity contribution is 5.93. The van der Waals surface area contributed by atoms with Crippen molar-refractivity contribution in [2.45, 2.75) is 18.4 Å². The highest BCUT2D eigenvalue weighted by Gasteiger charge is 2.72. The summed E-state index contributed by atoms with van der Waals surface area (Å²) in [5, 5.41) is 10.9. The summed E-state index contributed by atoms with van der Waals surface area (Å²) in [6.45, 7) is 1.70. The van der Waals surface area contributed by atoms with Crippen molar-refractivity contribution in [2.75, 3.05) is 13.1 Å². The predicted octanol–water partition coefficient (Wildman–Crippen LogP) is 0.798. The summed E-state index contributed by atoms with van der Waals surface area (Å²) in [5.74, 6) is -6.60. The van der Waals surface area contributed by atoms with E-state index in [0.717, 1.165) is 24.3 Å². The highest BCUT2D eigenvalue weighted by atomic mass is 19.2. The zero-order valence-electron chi connectivity index (χ0n) is 12.1. The summed E-state index contributed by atoms with van der Waals surface area (Å²) in [5.41, 5.74) is -2.68. The number of β-amino-alcohol motifs (C(OH)–C–C–N with tert-alkyl or cyclic N) is 1. The summed E-state index contributed by atoms with van der Waals surface area (Å²) in [6.07, 6.45) is 1.68. The van der Waals surface area contributed by atoms with Gasteiger partial charge in [0, 0.05) is 30.8 Å². The Kier molecular flexibility index (Phi) is 3.46. The largest absolute Gasteiger partial charge is 0.402 e. The van der Waals surface area contributed by atoms with Crippen LogP contribution in [0.5, 0.6) is 0 Å². The molecule has 1 spiro atoms. The number of likely N-dealkylation sites (N-methyl/N-ethyl adjacent to an activating group) is 1. The molecule has 1 saturated heterocycles. The van der Waals surface area contributed by atoms with Crippen LogP contribution in [0, 0.1) is 11.6 Å². The van der Waals surface area contributed by atoms with E-state index in [-0.39, 0.29) is 13.1 Å². The molecule has 2 heterocycles. The van der Waals surface area contributed by atoms with Gasteiger partial charge in [0.05, 0.1) is 0 Å². The van der Waals surface area contributed by atoms with E-state index >= 15 is 0 Å². The lowest BCUT2D eigenvalue weighted by Gasteiger charge is -2.58. The second-order valence-electron chi connectivity index (χ2n) is 5.23. The third-order valence-electron chi connectivity index (χ3n) is 3.97. The highest BCUT2D eigenvalue weighted by Crippen LogP contribution is 2.50. The second kappa shape index (κ2) is 5.10. The summed E-state index contributed by atoms with van der Waals surface area (Å²) >= 11 is 0. The number of ether oxygens (including phenoxy) is 2. The standard InChI is InChI=1S/C15H13F2NO5/c1-2-18-8-14(21,9-4-3-5-10(16)13(9)17)15(18)22-11(19)6-7-12(20)23-15/h3-7,21H,2,8H2,1H3. The molecule has 1 atom stereocenters. The minimum absolute atomic E-state index is 0.204. The van der Waals surface area contributed by atoms with Crippen molar-refractivity contribution < 1.29 is 33.0 Å². The fourth-order valence-electron chi connectivity index (χ4n) is 2.84. The minimum atomic E-state index is -2.24. The quantitative estimate of drug-likeness (QED) is 0.811. The van der Waals surface area contributed by atoms with Gasteiger partial charge in [-0.05, 0) is 6.07 Å². The molecular weight excluding hydrogens is 312 g/mol. The second-order valence-corrected chi connectivity index (χ2v) is 5.23. The first-order chi connectivity index (χ1) is 10.8. The summed E-state index contributed by atoms with van der Waals surface area (Å²) in [4.78, 5) is 24.8. The van der Waals surface area contributed by atoms with Crippen LogP contribution >= 0.6 is 0 Å². The van der Waals surface area contributed by atoms with Gasteiger partial charge in [-0.3, -0.25) is 0 Å². The van der Waals surface area contributed by atoms with E-state index in [1.165, 1.54) is 11.0 Å². The van der Waals surface area contributed by atoms with Gasteiger partial charge >= 0.3 is 17.8 Å². The van der Waals surface area contributed by atoms with Gasteiger partial charge in [0.15, 0.2) is 17.2 Å². The van der Waals surface area contributed by atoms with Crippen molar-refractivity contribution in [3.05, 3.63) is 47.5 Å². The van der Waals surface area contributed by atoms with E-state index in [1.807, 2.05) is 0 Å². The molecular formula is C15H13F2NO5. The Bertz CT molecular complexity index is 700. The van der Waals surface area contributed by atoms with Crippen molar-refractivity contribution in [3.8, 4) is 0 Å². The number of carbonyl (C=O) groups excluding carboxylic acids is 2. The molecule has 0 saturated carbocycles. The average Bonchev–Trinajstić information content (AvgIpc) is 2.68. The first-order valence-corrected chi connectivity index (χ1v) is 6.90. The van der Waals surface area contributed by atoms with Crippen molar-refractivity contribution in [1.29, 1.82) is 0 Å². The van der Waals surface area contributed by atoms with E-state index in [1.54, 1.807) is 6.92 Å². The number of likely N-dealkylation sites (tertiary alicyclic amines) is 1. The molecule has 3 rings (SSSR count). The molecule has 122 valence electrons. The number of nitrogens with zero attached hydrogens (tertiary/aromatic N) is 1. The fraction of sp³-hybridized carbons (Fsp3) is 0.333. The molecule has 0 bridgehead atoms. The van der Waals surface area contributed by atoms with Crippen LogP contribution in [-0.2, 0) is 24.7 Å². The Morgan fingerprint density at radius 3 is 2.39 bits per heavy atom. The third kappa shape index (κ3) is 2.06. The monoisotopic (exact) mass is 325 g/mol. The Morgan fingerprint density at radius 2 is 1.83 bits per heavy atom.